The van der Waals surface area contributed by atoms with Crippen molar-refractivity contribution in [2.24, 2.45) is 47.3 Å². The Morgan fingerprint density at radius 1 is 0.338 bits per heavy atom. The van der Waals surface area contributed by atoms with E-state index in [2.05, 4.69) is 82.0 Å². The normalized spacial score (nSPS) is 23.2. The van der Waals surface area contributed by atoms with Crippen LogP contribution in [0.1, 0.15) is 138 Å². The molecule has 0 saturated carbocycles. The second-order valence-corrected chi connectivity index (χ2v) is 39.1. The number of nitrogens with zero attached hydrogens (tertiary/aromatic N) is 18. The average molecular weight is 1870 g/mol. The van der Waals surface area contributed by atoms with E-state index >= 15 is 0 Å². The van der Waals surface area contributed by atoms with Crippen molar-refractivity contribution in [3.63, 3.8) is 0 Å². The molecule has 8 aliphatic rings. The second-order valence-electron chi connectivity index (χ2n) is 39.1. The lowest BCUT2D eigenvalue weighted by molar-refractivity contribution is -0.122. The SMILES string of the molecule is C[C@H]1C(=O)C(C#N)=C[C@@]2(C)c3nc(-c4ccnc5ccccc45)nc(-c4cc5ccccc5o4)c3CC[C@H]12.C[C@H]1C(=O)C(C#N)=C[C@@]2(C)c3nc(-c4ccnc5ccccc45)nc(-c4ccco4)c3CC[C@H]12.Cc1ccc(-c2nc(-c3ccnc4ccccc34)nc3c2CC[C@@H]2[C@@H](C)C(=O)C(C#N)=C[C@@]32C)o1.Cc1nc(-c2nc(-c3ccnc4ccccc34)nc3c2CC[C@@H]2[C@@H](C)C(=O)C(C#N)=C[C@@]32C)no1. The minimum atomic E-state index is -0.611. The first-order valence-electron chi connectivity index (χ1n) is 47.9. The van der Waals surface area contributed by atoms with Crippen molar-refractivity contribution in [2.45, 2.75) is 142 Å². The molecule has 0 N–H and O–H groups in total. The average Bonchev–Trinajstić information content (AvgIpc) is 0.852. The predicted molar refractivity (Wildman–Crippen MR) is 533 cm³/mol. The molecule has 26 nitrogen and oxygen atoms in total. The highest BCUT2D eigenvalue weighted by atomic mass is 16.5. The van der Waals surface area contributed by atoms with Crippen LogP contribution in [0.25, 0.3) is 146 Å². The van der Waals surface area contributed by atoms with Crippen LogP contribution in [0.2, 0.25) is 0 Å². The van der Waals surface area contributed by atoms with E-state index in [0.29, 0.717) is 64.4 Å². The number of rotatable bonds is 8. The molecule has 694 valence electrons. The van der Waals surface area contributed by atoms with Gasteiger partial charge in [-0.2, -0.15) is 26.0 Å². The molecule has 26 heteroatoms. The summed E-state index contributed by atoms with van der Waals surface area (Å²) in [4.78, 5) is 115. The fraction of sp³-hybridized carbons (Fsp3) is 0.259. The van der Waals surface area contributed by atoms with Gasteiger partial charge in [-0.15, -0.1) is 0 Å². The van der Waals surface area contributed by atoms with E-state index in [1.54, 1.807) is 38.0 Å². The summed E-state index contributed by atoms with van der Waals surface area (Å²) in [7, 11) is 0. The highest BCUT2D eigenvalue weighted by Crippen LogP contribution is 2.57. The van der Waals surface area contributed by atoms with Crippen molar-refractivity contribution in [3.8, 4) is 116 Å². The van der Waals surface area contributed by atoms with Gasteiger partial charge in [-0.25, -0.2) is 39.9 Å². The van der Waals surface area contributed by atoms with Crippen LogP contribution in [-0.4, -0.2) is 93.1 Å². The van der Waals surface area contributed by atoms with Crippen molar-refractivity contribution >= 4 is 77.7 Å². The summed E-state index contributed by atoms with van der Waals surface area (Å²) in [6.45, 7) is 19.8. The van der Waals surface area contributed by atoms with Gasteiger partial charge in [-0.1, -0.05) is 176 Å². The third kappa shape index (κ3) is 14.8. The number of fused-ring (bicyclic) bond motifs is 17. The fourth-order valence-electron chi connectivity index (χ4n) is 24.0. The van der Waals surface area contributed by atoms with Gasteiger partial charge in [0.2, 0.25) is 11.7 Å². The molecule has 0 radical (unpaired) electrons. The number of para-hydroxylation sites is 5. The number of furan rings is 3. The zero-order valence-corrected chi connectivity index (χ0v) is 79.5. The Balaban J connectivity index is 0.000000109. The first-order chi connectivity index (χ1) is 68.8. The number of hydrogen-bond donors (Lipinski definition) is 0. The number of aromatic nitrogens is 14. The Bertz CT molecular complexity index is 8250. The van der Waals surface area contributed by atoms with Gasteiger partial charge >= 0.3 is 0 Å². The molecule has 0 aliphatic heterocycles. The number of ketones is 4. The minimum Gasteiger partial charge on any atom is -0.463 e. The lowest BCUT2D eigenvalue weighted by atomic mass is 9.57. The highest BCUT2D eigenvalue weighted by molar-refractivity contribution is 6.06. The standard InChI is InChI=1S/C32H24N4O2.C29H24N4O2.C28H22N4O2.C27H22N6O2/c1-18-24-12-11-23-28(27-15-19-7-3-6-10-26(19)38-27)35-31(22-13-14-34-25-9-5-4-8-21(22)25)36-30(23)32(24,2)16-20(17-33)29(18)37;1-16-8-11-24(35-16)25-21-9-10-22-17(2)26(34)18(15-30)14-29(22,3)27(21)33-28(32-25)20-12-13-31-23-7-5-4-6-19(20)23;1-16-21-10-9-20-24(23-8-5-13-34-23)31-27(19-11-12-30-22-7-4-3-6-18(19)22)32-26(20)28(21,2)14-17(15-29)25(16)33;1-14-20-9-8-19-22(26-30-15(2)35-33-26)31-25(18-10-11-29-21-7-5-4-6-17(18)21)32-24(19)27(20,3)12-16(13-28)23(14)34/h3-10,13-16,18,24H,11-12H2,1-2H3;4-8,11-14,17,22H,9-10H2,1-3H3;3-8,11-14,16,21H,9-10H2,1-2H3;4-7,10-12,14,20H,8-9H2,1-3H3/t18-,24-,32-;17-,22-,29-;16-,21-,28-;14-,20-,27-/m1111/s1. The zero-order valence-electron chi connectivity index (χ0n) is 79.5. The third-order valence-corrected chi connectivity index (χ3v) is 31.0. The van der Waals surface area contributed by atoms with Crippen LogP contribution in [0, 0.1) is 107 Å². The Labute approximate surface area is 816 Å². The van der Waals surface area contributed by atoms with Crippen LogP contribution >= 0.6 is 0 Å². The lowest BCUT2D eigenvalue weighted by Gasteiger charge is -2.45. The van der Waals surface area contributed by atoms with Crippen LogP contribution in [-0.2, 0) is 66.5 Å². The third-order valence-electron chi connectivity index (χ3n) is 31.0. The lowest BCUT2D eigenvalue weighted by Crippen LogP contribution is -2.46. The Morgan fingerprint density at radius 3 is 0.993 bits per heavy atom. The first-order valence-corrected chi connectivity index (χ1v) is 47.9. The van der Waals surface area contributed by atoms with Gasteiger partial charge in [0.25, 0.3) is 0 Å². The molecule has 12 atom stereocenters. The quantitative estimate of drug-likeness (QED) is 0.136. The summed E-state index contributed by atoms with van der Waals surface area (Å²) in [5.74, 6) is 4.86. The van der Waals surface area contributed by atoms with Crippen LogP contribution in [0.3, 0.4) is 0 Å². The van der Waals surface area contributed by atoms with Crippen molar-refractivity contribution < 1.29 is 37.0 Å². The van der Waals surface area contributed by atoms with Crippen molar-refractivity contribution in [1.29, 1.82) is 21.0 Å². The molecule has 0 saturated heterocycles. The van der Waals surface area contributed by atoms with Crippen LogP contribution in [0.4, 0.5) is 0 Å². The van der Waals surface area contributed by atoms with Gasteiger partial charge in [0.1, 0.15) is 58.4 Å². The number of allylic oxidation sites excluding steroid dienone is 8. The number of carbonyl (C=O) groups is 4. The number of carbonyl (C=O) groups excluding carboxylic acids is 4. The van der Waals surface area contributed by atoms with E-state index in [0.717, 1.165) is 190 Å². The van der Waals surface area contributed by atoms with Gasteiger partial charge in [0, 0.05) is 148 Å². The maximum Gasteiger partial charge on any atom is 0.223 e. The molecule has 25 rings (SSSR count). The maximum atomic E-state index is 12.9. The van der Waals surface area contributed by atoms with Gasteiger partial charge in [-0.3, -0.25) is 39.1 Å². The second kappa shape index (κ2) is 35.1. The van der Waals surface area contributed by atoms with E-state index in [1.165, 1.54) is 0 Å². The number of pyridine rings is 4. The van der Waals surface area contributed by atoms with E-state index < -0.39 is 21.7 Å². The Hall–Kier alpha value is -17.1. The molecule has 0 unspecified atom stereocenters. The number of hydrogen-bond acceptors (Lipinski definition) is 26. The molecule has 8 aliphatic carbocycles. The molecule has 0 spiro atoms. The van der Waals surface area contributed by atoms with E-state index in [1.807, 2.05) is 235 Å². The number of benzene rings is 5. The van der Waals surface area contributed by atoms with Gasteiger partial charge < -0.3 is 17.8 Å². The topological polar surface area (TPSA) is 396 Å². The largest absolute Gasteiger partial charge is 0.463 e. The van der Waals surface area contributed by atoms with Crippen LogP contribution < -0.4 is 0 Å². The van der Waals surface area contributed by atoms with E-state index in [4.69, 9.17) is 57.6 Å². The summed E-state index contributed by atoms with van der Waals surface area (Å²) in [5.41, 5.74) is 16.6. The number of aryl methyl sites for hydroxylation is 2. The molecule has 142 heavy (non-hydrogen) atoms. The molecule has 5 aromatic carbocycles. The smallest absolute Gasteiger partial charge is 0.223 e. The Kier molecular flexibility index (Phi) is 22.3. The summed E-state index contributed by atoms with van der Waals surface area (Å²) in [5, 5.41) is 47.9. The monoisotopic (exact) mass is 1860 g/mol. The molecule has 0 bridgehead atoms. The number of Topliss-reactive ketones (excluding diaryl/α,β-unsaturated/α-hetero) is 4. The zero-order chi connectivity index (χ0) is 98.1. The molecular formula is C116H92N18O8. The summed E-state index contributed by atoms with van der Waals surface area (Å²) in [6, 6.07) is 65.6. The van der Waals surface area contributed by atoms with Gasteiger partial charge in [0.05, 0.1) is 73.4 Å². The molecule has 12 aromatic heterocycles. The van der Waals surface area contributed by atoms with Crippen LogP contribution in [0.5, 0.6) is 0 Å². The minimum absolute atomic E-state index is 0.0244. The van der Waals surface area contributed by atoms with Crippen LogP contribution in [0.15, 0.2) is 271 Å². The fourth-order valence-corrected chi connectivity index (χ4v) is 24.0. The molecule has 12 heterocycles. The highest BCUT2D eigenvalue weighted by Gasteiger charge is 2.55. The molecular weight excluding hydrogens is 1770 g/mol. The Morgan fingerprint density at radius 2 is 0.669 bits per heavy atom. The van der Waals surface area contributed by atoms with E-state index in [-0.39, 0.29) is 92.8 Å². The number of nitriles is 4. The van der Waals surface area contributed by atoms with E-state index in [9.17, 15) is 40.2 Å². The van der Waals surface area contributed by atoms with Crippen molar-refractivity contribution in [3.05, 3.63) is 310 Å². The van der Waals surface area contributed by atoms with Gasteiger partial charge in [0.15, 0.2) is 63.7 Å². The predicted octanol–water partition coefficient (Wildman–Crippen LogP) is 22.3. The molecule has 0 amide bonds. The van der Waals surface area contributed by atoms with Crippen molar-refractivity contribution in [1.82, 2.24) is 69.9 Å². The first kappa shape index (κ1) is 90.1. The maximum absolute atomic E-state index is 12.9. The summed E-state index contributed by atoms with van der Waals surface area (Å²) in [6.07, 6.45) is 22.2. The molecule has 17 aromatic rings. The summed E-state index contributed by atoms with van der Waals surface area (Å²) < 4.78 is 23.4. The summed E-state index contributed by atoms with van der Waals surface area (Å²) >= 11 is 0. The molecule has 0 fully saturated rings. The van der Waals surface area contributed by atoms with Crippen molar-refractivity contribution in [2.75, 3.05) is 0 Å². The van der Waals surface area contributed by atoms with Gasteiger partial charge in [-0.05, 0) is 167 Å².